The molecule has 0 heterocycles. The largest absolute Gasteiger partial charge is 0.497 e. The lowest BCUT2D eigenvalue weighted by Crippen LogP contribution is -2.25. The van der Waals surface area contributed by atoms with Gasteiger partial charge in [-0.3, -0.25) is 9.59 Å². The number of rotatable bonds is 9. The van der Waals surface area contributed by atoms with Gasteiger partial charge >= 0.3 is 5.97 Å². The summed E-state index contributed by atoms with van der Waals surface area (Å²) >= 11 is 0. The summed E-state index contributed by atoms with van der Waals surface area (Å²) in [7, 11) is 1.62. The van der Waals surface area contributed by atoms with Crippen molar-refractivity contribution >= 4 is 11.9 Å². The molecule has 0 atom stereocenters. The van der Waals surface area contributed by atoms with Gasteiger partial charge in [-0.15, -0.1) is 0 Å². The van der Waals surface area contributed by atoms with Gasteiger partial charge in [-0.2, -0.15) is 0 Å². The van der Waals surface area contributed by atoms with Gasteiger partial charge in [-0.1, -0.05) is 12.1 Å². The van der Waals surface area contributed by atoms with E-state index in [1.807, 2.05) is 24.3 Å². The maximum Gasteiger partial charge on any atom is 0.303 e. The lowest BCUT2D eigenvalue weighted by Gasteiger charge is -2.06. The predicted octanol–water partition coefficient (Wildman–Crippen LogP) is 2.00. The molecule has 5 nitrogen and oxygen atoms in total. The molecule has 2 N–H and O–H groups in total. The van der Waals surface area contributed by atoms with Crippen LogP contribution in [-0.4, -0.2) is 30.6 Å². The van der Waals surface area contributed by atoms with Crippen LogP contribution in [-0.2, 0) is 16.0 Å². The maximum atomic E-state index is 11.5. The van der Waals surface area contributed by atoms with Crippen molar-refractivity contribution in [3.63, 3.8) is 0 Å². The standard InChI is InChI=1S/C15H21NO4/c1-20-13-8-6-12(7-9-13)10-11-16-14(17)4-2-3-5-15(18)19/h6-9H,2-5,10-11H2,1H3,(H,16,17)(H,18,19). The number of benzene rings is 1. The predicted molar refractivity (Wildman–Crippen MR) is 75.8 cm³/mol. The van der Waals surface area contributed by atoms with E-state index in [9.17, 15) is 9.59 Å². The Balaban J connectivity index is 2.13. The molecule has 1 aromatic carbocycles. The van der Waals surface area contributed by atoms with Crippen molar-refractivity contribution in [1.29, 1.82) is 0 Å². The van der Waals surface area contributed by atoms with E-state index >= 15 is 0 Å². The molecule has 0 bridgehead atoms. The molecule has 0 aliphatic carbocycles. The molecule has 0 spiro atoms. The summed E-state index contributed by atoms with van der Waals surface area (Å²) in [5, 5.41) is 11.3. The Bertz CT molecular complexity index is 428. The summed E-state index contributed by atoms with van der Waals surface area (Å²) in [6.45, 7) is 0.587. The topological polar surface area (TPSA) is 75.6 Å². The number of hydrogen-bond acceptors (Lipinski definition) is 3. The first-order chi connectivity index (χ1) is 9.61. The highest BCUT2D eigenvalue weighted by Gasteiger charge is 2.02. The van der Waals surface area contributed by atoms with Crippen LogP contribution < -0.4 is 10.1 Å². The number of ether oxygens (including phenoxy) is 1. The number of carboxylic acids is 1. The Labute approximate surface area is 118 Å². The third kappa shape index (κ3) is 6.78. The monoisotopic (exact) mass is 279 g/mol. The smallest absolute Gasteiger partial charge is 0.303 e. The minimum atomic E-state index is -0.815. The molecule has 0 saturated carbocycles. The molecule has 0 aliphatic heterocycles. The van der Waals surface area contributed by atoms with Crippen molar-refractivity contribution < 1.29 is 19.4 Å². The van der Waals surface area contributed by atoms with Crippen LogP contribution >= 0.6 is 0 Å². The van der Waals surface area contributed by atoms with Crippen LogP contribution in [0.2, 0.25) is 0 Å². The van der Waals surface area contributed by atoms with E-state index in [2.05, 4.69) is 5.32 Å². The van der Waals surface area contributed by atoms with Gasteiger partial charge in [0.1, 0.15) is 5.75 Å². The molecule has 0 aliphatic rings. The molecule has 110 valence electrons. The quantitative estimate of drug-likeness (QED) is 0.678. The van der Waals surface area contributed by atoms with Crippen molar-refractivity contribution in [2.75, 3.05) is 13.7 Å². The summed E-state index contributed by atoms with van der Waals surface area (Å²) in [4.78, 5) is 21.8. The van der Waals surface area contributed by atoms with E-state index in [0.717, 1.165) is 17.7 Å². The molecular weight excluding hydrogens is 258 g/mol. The van der Waals surface area contributed by atoms with Crippen LogP contribution in [0.3, 0.4) is 0 Å². The van der Waals surface area contributed by atoms with Gasteiger partial charge in [-0.05, 0) is 37.0 Å². The van der Waals surface area contributed by atoms with Gasteiger partial charge in [0.05, 0.1) is 7.11 Å². The lowest BCUT2D eigenvalue weighted by molar-refractivity contribution is -0.137. The number of carbonyl (C=O) groups excluding carboxylic acids is 1. The van der Waals surface area contributed by atoms with E-state index in [4.69, 9.17) is 9.84 Å². The number of unbranched alkanes of at least 4 members (excludes halogenated alkanes) is 1. The van der Waals surface area contributed by atoms with Crippen LogP contribution in [0.25, 0.3) is 0 Å². The van der Waals surface area contributed by atoms with Crippen molar-refractivity contribution in [2.24, 2.45) is 0 Å². The molecule has 1 aromatic rings. The fraction of sp³-hybridized carbons (Fsp3) is 0.467. The maximum absolute atomic E-state index is 11.5. The number of carbonyl (C=O) groups is 2. The van der Waals surface area contributed by atoms with Gasteiger partial charge in [-0.25, -0.2) is 0 Å². The van der Waals surface area contributed by atoms with Crippen LogP contribution in [0.4, 0.5) is 0 Å². The van der Waals surface area contributed by atoms with E-state index in [0.29, 0.717) is 25.8 Å². The van der Waals surface area contributed by atoms with Crippen molar-refractivity contribution in [2.45, 2.75) is 32.1 Å². The second kappa shape index (κ2) is 8.96. The van der Waals surface area contributed by atoms with Gasteiger partial charge in [0.15, 0.2) is 0 Å². The van der Waals surface area contributed by atoms with Crippen LogP contribution in [0.5, 0.6) is 5.75 Å². The van der Waals surface area contributed by atoms with Crippen LogP contribution in [0, 0.1) is 0 Å². The Morgan fingerprint density at radius 1 is 1.15 bits per heavy atom. The van der Waals surface area contributed by atoms with E-state index < -0.39 is 5.97 Å². The molecule has 0 saturated heterocycles. The average molecular weight is 279 g/mol. The lowest BCUT2D eigenvalue weighted by atomic mass is 10.1. The van der Waals surface area contributed by atoms with E-state index in [1.54, 1.807) is 7.11 Å². The first kappa shape index (κ1) is 16.0. The first-order valence-corrected chi connectivity index (χ1v) is 6.73. The number of methoxy groups -OCH3 is 1. The second-order valence-corrected chi connectivity index (χ2v) is 4.55. The van der Waals surface area contributed by atoms with E-state index in [1.165, 1.54) is 0 Å². The van der Waals surface area contributed by atoms with Crippen LogP contribution in [0.15, 0.2) is 24.3 Å². The third-order valence-electron chi connectivity index (χ3n) is 2.94. The SMILES string of the molecule is COc1ccc(CCNC(=O)CCCCC(=O)O)cc1. The summed E-state index contributed by atoms with van der Waals surface area (Å²) in [5.74, 6) is -0.0231. The number of aliphatic carboxylic acids is 1. The normalized spacial score (nSPS) is 10.1. The van der Waals surface area contributed by atoms with Gasteiger partial charge in [0.2, 0.25) is 5.91 Å². The highest BCUT2D eigenvalue weighted by molar-refractivity contribution is 5.75. The Hall–Kier alpha value is -2.04. The highest BCUT2D eigenvalue weighted by Crippen LogP contribution is 2.11. The molecule has 20 heavy (non-hydrogen) atoms. The van der Waals surface area contributed by atoms with Crippen molar-refractivity contribution in [3.8, 4) is 5.75 Å². The number of amides is 1. The fourth-order valence-electron chi connectivity index (χ4n) is 1.79. The van der Waals surface area contributed by atoms with Gasteiger partial charge in [0, 0.05) is 19.4 Å². The third-order valence-corrected chi connectivity index (χ3v) is 2.94. The molecule has 0 radical (unpaired) electrons. The highest BCUT2D eigenvalue weighted by atomic mass is 16.5. The second-order valence-electron chi connectivity index (χ2n) is 4.55. The Morgan fingerprint density at radius 3 is 2.40 bits per heavy atom. The van der Waals surface area contributed by atoms with Gasteiger partial charge < -0.3 is 15.2 Å². The Kier molecular flexibility index (Phi) is 7.17. The summed E-state index contributed by atoms with van der Waals surface area (Å²) in [6, 6.07) is 7.72. The molecule has 1 amide bonds. The Morgan fingerprint density at radius 2 is 1.80 bits per heavy atom. The number of nitrogens with one attached hydrogen (secondary N) is 1. The van der Waals surface area contributed by atoms with Crippen molar-refractivity contribution in [1.82, 2.24) is 5.32 Å². The minimum Gasteiger partial charge on any atom is -0.497 e. The zero-order valence-corrected chi connectivity index (χ0v) is 11.7. The molecule has 1 rings (SSSR count). The summed E-state index contributed by atoms with van der Waals surface area (Å²) in [5.41, 5.74) is 1.14. The molecule has 0 fully saturated rings. The zero-order valence-electron chi connectivity index (χ0n) is 11.7. The first-order valence-electron chi connectivity index (χ1n) is 6.73. The molecular formula is C15H21NO4. The summed E-state index contributed by atoms with van der Waals surface area (Å²) < 4.78 is 5.07. The minimum absolute atomic E-state index is 0.0242. The molecule has 0 unspecified atom stereocenters. The molecule has 0 aromatic heterocycles. The zero-order chi connectivity index (χ0) is 14.8. The molecule has 5 heteroatoms. The number of hydrogen-bond donors (Lipinski definition) is 2. The number of carboxylic acid groups (broad SMARTS) is 1. The van der Waals surface area contributed by atoms with Crippen molar-refractivity contribution in [3.05, 3.63) is 29.8 Å². The average Bonchev–Trinajstić information content (AvgIpc) is 2.44. The summed E-state index contributed by atoms with van der Waals surface area (Å²) in [6.07, 6.45) is 2.43. The van der Waals surface area contributed by atoms with Crippen LogP contribution in [0.1, 0.15) is 31.2 Å². The fourth-order valence-corrected chi connectivity index (χ4v) is 1.79. The van der Waals surface area contributed by atoms with E-state index in [-0.39, 0.29) is 12.3 Å². The van der Waals surface area contributed by atoms with Gasteiger partial charge in [0.25, 0.3) is 0 Å².